The van der Waals surface area contributed by atoms with Gasteiger partial charge in [0.05, 0.1) is 11.3 Å². The van der Waals surface area contributed by atoms with Crippen LogP contribution in [-0.4, -0.2) is 28.4 Å². The molecule has 104 valence electrons. The standard InChI is InChI=1S/C14H22N4O/c1-2-18(13-5-3-4-6-13)10-12-8-7-11(9-16-12)14(19)17-15/h7-9,13H,2-6,10,15H2,1H3,(H,17,19). The highest BCUT2D eigenvalue weighted by atomic mass is 16.2. The Morgan fingerprint density at radius 1 is 1.47 bits per heavy atom. The number of carbonyl (C=O) groups is 1. The lowest BCUT2D eigenvalue weighted by Gasteiger charge is -2.26. The largest absolute Gasteiger partial charge is 0.295 e. The Morgan fingerprint density at radius 3 is 2.74 bits per heavy atom. The SMILES string of the molecule is CCN(Cc1ccc(C(=O)NN)cn1)C1CCCC1. The second-order valence-electron chi connectivity index (χ2n) is 5.01. The van der Waals surface area contributed by atoms with Crippen molar-refractivity contribution in [1.82, 2.24) is 15.3 Å². The van der Waals surface area contributed by atoms with Crippen LogP contribution in [0.15, 0.2) is 18.3 Å². The van der Waals surface area contributed by atoms with Crippen LogP contribution in [0.5, 0.6) is 0 Å². The lowest BCUT2D eigenvalue weighted by Crippen LogP contribution is -2.33. The summed E-state index contributed by atoms with van der Waals surface area (Å²) >= 11 is 0. The van der Waals surface area contributed by atoms with E-state index in [1.165, 1.54) is 25.7 Å². The molecule has 0 unspecified atom stereocenters. The van der Waals surface area contributed by atoms with E-state index in [9.17, 15) is 4.79 Å². The van der Waals surface area contributed by atoms with Crippen molar-refractivity contribution in [3.05, 3.63) is 29.6 Å². The van der Waals surface area contributed by atoms with Gasteiger partial charge in [0.2, 0.25) is 0 Å². The average molecular weight is 262 g/mol. The van der Waals surface area contributed by atoms with Gasteiger partial charge in [0, 0.05) is 18.8 Å². The van der Waals surface area contributed by atoms with Crippen LogP contribution < -0.4 is 11.3 Å². The molecule has 1 heterocycles. The zero-order valence-electron chi connectivity index (χ0n) is 11.4. The fraction of sp³-hybridized carbons (Fsp3) is 0.571. The van der Waals surface area contributed by atoms with Crippen molar-refractivity contribution in [1.29, 1.82) is 0 Å². The van der Waals surface area contributed by atoms with Crippen LogP contribution >= 0.6 is 0 Å². The number of rotatable bonds is 5. The number of nitrogens with zero attached hydrogens (tertiary/aromatic N) is 2. The van der Waals surface area contributed by atoms with Gasteiger partial charge in [-0.3, -0.25) is 20.1 Å². The van der Waals surface area contributed by atoms with E-state index in [0.29, 0.717) is 11.6 Å². The molecule has 1 fully saturated rings. The van der Waals surface area contributed by atoms with E-state index in [2.05, 4.69) is 22.2 Å². The molecular weight excluding hydrogens is 240 g/mol. The van der Waals surface area contributed by atoms with Gasteiger partial charge in [0.1, 0.15) is 0 Å². The summed E-state index contributed by atoms with van der Waals surface area (Å²) in [5.41, 5.74) is 3.61. The number of hydrogen-bond donors (Lipinski definition) is 2. The summed E-state index contributed by atoms with van der Waals surface area (Å²) in [6.45, 7) is 4.08. The molecule has 0 saturated heterocycles. The molecule has 1 aromatic heterocycles. The Labute approximate surface area is 114 Å². The van der Waals surface area contributed by atoms with Crippen LogP contribution in [0.4, 0.5) is 0 Å². The maximum absolute atomic E-state index is 11.3. The predicted molar refractivity (Wildman–Crippen MR) is 74.2 cm³/mol. The maximum atomic E-state index is 11.3. The van der Waals surface area contributed by atoms with Gasteiger partial charge in [-0.25, -0.2) is 5.84 Å². The van der Waals surface area contributed by atoms with Crippen LogP contribution in [0, 0.1) is 0 Å². The van der Waals surface area contributed by atoms with Crippen LogP contribution in [0.25, 0.3) is 0 Å². The molecule has 1 aromatic rings. The first-order chi connectivity index (χ1) is 9.24. The second kappa shape index (κ2) is 6.63. The molecular formula is C14H22N4O. The molecule has 1 aliphatic carbocycles. The molecule has 5 heteroatoms. The van der Waals surface area contributed by atoms with Gasteiger partial charge in [-0.05, 0) is 31.5 Å². The van der Waals surface area contributed by atoms with E-state index >= 15 is 0 Å². The molecule has 0 spiro atoms. The van der Waals surface area contributed by atoms with Crippen LogP contribution in [0.1, 0.15) is 48.7 Å². The van der Waals surface area contributed by atoms with Crippen molar-refractivity contribution in [3.8, 4) is 0 Å². The topological polar surface area (TPSA) is 71.2 Å². The maximum Gasteiger partial charge on any atom is 0.266 e. The summed E-state index contributed by atoms with van der Waals surface area (Å²) < 4.78 is 0. The zero-order chi connectivity index (χ0) is 13.7. The molecule has 0 bridgehead atoms. The Morgan fingerprint density at radius 2 is 2.21 bits per heavy atom. The third kappa shape index (κ3) is 3.52. The zero-order valence-corrected chi connectivity index (χ0v) is 11.4. The number of aromatic nitrogens is 1. The minimum Gasteiger partial charge on any atom is -0.295 e. The van der Waals surface area contributed by atoms with E-state index in [1.807, 2.05) is 6.07 Å². The first-order valence-corrected chi connectivity index (χ1v) is 6.94. The molecule has 0 aliphatic heterocycles. The number of carbonyl (C=O) groups excluding carboxylic acids is 1. The number of nitrogens with one attached hydrogen (secondary N) is 1. The van der Waals surface area contributed by atoms with Crippen molar-refractivity contribution in [2.75, 3.05) is 6.54 Å². The highest BCUT2D eigenvalue weighted by Crippen LogP contribution is 2.24. The number of amides is 1. The molecule has 0 atom stereocenters. The Balaban J connectivity index is 1.99. The molecule has 5 nitrogen and oxygen atoms in total. The van der Waals surface area contributed by atoms with Crippen LogP contribution in [0.3, 0.4) is 0 Å². The van der Waals surface area contributed by atoms with E-state index in [0.717, 1.165) is 18.8 Å². The van der Waals surface area contributed by atoms with Gasteiger partial charge in [0.25, 0.3) is 5.91 Å². The smallest absolute Gasteiger partial charge is 0.266 e. The first kappa shape index (κ1) is 14.0. The summed E-state index contributed by atoms with van der Waals surface area (Å²) in [7, 11) is 0. The fourth-order valence-corrected chi connectivity index (χ4v) is 2.71. The molecule has 1 saturated carbocycles. The normalized spacial score (nSPS) is 15.9. The average Bonchev–Trinajstić information content (AvgIpc) is 2.98. The van der Waals surface area contributed by atoms with Crippen molar-refractivity contribution in [2.24, 2.45) is 5.84 Å². The molecule has 19 heavy (non-hydrogen) atoms. The van der Waals surface area contributed by atoms with Gasteiger partial charge in [-0.2, -0.15) is 0 Å². The molecule has 1 aliphatic rings. The van der Waals surface area contributed by atoms with Crippen molar-refractivity contribution in [2.45, 2.75) is 45.2 Å². The van der Waals surface area contributed by atoms with E-state index < -0.39 is 0 Å². The van der Waals surface area contributed by atoms with Crippen LogP contribution in [-0.2, 0) is 6.54 Å². The monoisotopic (exact) mass is 262 g/mol. The number of nitrogens with two attached hydrogens (primary N) is 1. The van der Waals surface area contributed by atoms with Crippen molar-refractivity contribution in [3.63, 3.8) is 0 Å². The molecule has 1 amide bonds. The number of nitrogen functional groups attached to an aromatic ring is 1. The predicted octanol–water partition coefficient (Wildman–Crippen LogP) is 1.45. The Kier molecular flexibility index (Phi) is 4.87. The van der Waals surface area contributed by atoms with E-state index in [4.69, 9.17) is 5.84 Å². The third-order valence-corrected chi connectivity index (χ3v) is 3.83. The van der Waals surface area contributed by atoms with E-state index in [1.54, 1.807) is 12.3 Å². The third-order valence-electron chi connectivity index (χ3n) is 3.83. The lowest BCUT2D eigenvalue weighted by molar-refractivity contribution is 0.0953. The molecule has 2 rings (SSSR count). The summed E-state index contributed by atoms with van der Waals surface area (Å²) in [6, 6.07) is 4.37. The fourth-order valence-electron chi connectivity index (χ4n) is 2.71. The summed E-state index contributed by atoms with van der Waals surface area (Å²) in [6.07, 6.45) is 6.84. The number of hydrogen-bond acceptors (Lipinski definition) is 4. The molecule has 3 N–H and O–H groups in total. The minimum atomic E-state index is -0.304. The Hall–Kier alpha value is -1.46. The highest BCUT2D eigenvalue weighted by Gasteiger charge is 2.21. The summed E-state index contributed by atoms with van der Waals surface area (Å²) in [5, 5.41) is 0. The Bertz CT molecular complexity index is 412. The number of hydrazine groups is 1. The van der Waals surface area contributed by atoms with Crippen molar-refractivity contribution < 1.29 is 4.79 Å². The van der Waals surface area contributed by atoms with Gasteiger partial charge in [0.15, 0.2) is 0 Å². The summed E-state index contributed by atoms with van der Waals surface area (Å²) in [5.74, 6) is 4.79. The first-order valence-electron chi connectivity index (χ1n) is 6.94. The molecule has 0 radical (unpaired) electrons. The van der Waals surface area contributed by atoms with Gasteiger partial charge >= 0.3 is 0 Å². The van der Waals surface area contributed by atoms with Crippen LogP contribution in [0.2, 0.25) is 0 Å². The van der Waals surface area contributed by atoms with Gasteiger partial charge in [-0.15, -0.1) is 0 Å². The summed E-state index contributed by atoms with van der Waals surface area (Å²) in [4.78, 5) is 18.1. The number of pyridine rings is 1. The lowest BCUT2D eigenvalue weighted by atomic mass is 10.2. The molecule has 0 aromatic carbocycles. The second-order valence-corrected chi connectivity index (χ2v) is 5.01. The van der Waals surface area contributed by atoms with E-state index in [-0.39, 0.29) is 5.91 Å². The quantitative estimate of drug-likeness (QED) is 0.478. The van der Waals surface area contributed by atoms with Gasteiger partial charge < -0.3 is 0 Å². The van der Waals surface area contributed by atoms with Gasteiger partial charge in [-0.1, -0.05) is 19.8 Å². The van der Waals surface area contributed by atoms with Crippen molar-refractivity contribution >= 4 is 5.91 Å². The highest BCUT2D eigenvalue weighted by molar-refractivity contribution is 5.93. The minimum absolute atomic E-state index is 0.304.